The average molecular weight is 262 g/mol. The van der Waals surface area contributed by atoms with Gasteiger partial charge in [0.15, 0.2) is 0 Å². The van der Waals surface area contributed by atoms with Crippen LogP contribution in [0.15, 0.2) is 36.4 Å². The zero-order chi connectivity index (χ0) is 13.0. The number of para-hydroxylation sites is 1. The van der Waals surface area contributed by atoms with Crippen LogP contribution >= 0.6 is 12.6 Å². The van der Waals surface area contributed by atoms with Gasteiger partial charge in [-0.3, -0.25) is 5.32 Å². The first-order chi connectivity index (χ1) is 8.65. The van der Waals surface area contributed by atoms with Gasteiger partial charge < -0.3 is 4.74 Å². The van der Waals surface area contributed by atoms with E-state index in [0.29, 0.717) is 5.82 Å². The van der Waals surface area contributed by atoms with E-state index < -0.39 is 6.09 Å². The molecule has 1 aromatic carbocycles. The van der Waals surface area contributed by atoms with E-state index in [0.717, 1.165) is 10.9 Å². The molecule has 18 heavy (non-hydrogen) atoms. The lowest BCUT2D eigenvalue weighted by Crippen LogP contribution is -2.18. The van der Waals surface area contributed by atoms with E-state index >= 15 is 0 Å². The molecule has 1 heterocycles. The van der Waals surface area contributed by atoms with Gasteiger partial charge in [0.1, 0.15) is 12.4 Å². The molecule has 4 nitrogen and oxygen atoms in total. The van der Waals surface area contributed by atoms with Gasteiger partial charge in [0.25, 0.3) is 0 Å². The average Bonchev–Trinajstić information content (AvgIpc) is 2.36. The molecular weight excluding hydrogens is 248 g/mol. The zero-order valence-corrected chi connectivity index (χ0v) is 10.9. The van der Waals surface area contributed by atoms with Crippen molar-refractivity contribution in [3.63, 3.8) is 0 Å². The molecule has 0 aliphatic rings. The number of thiol groups is 1. The molecule has 0 unspecified atom stereocenters. The van der Waals surface area contributed by atoms with Crippen molar-refractivity contribution < 1.29 is 9.53 Å². The highest BCUT2D eigenvalue weighted by Gasteiger charge is 2.06. The summed E-state index contributed by atoms with van der Waals surface area (Å²) in [6.45, 7) is 2.12. The number of nitrogens with zero attached hydrogens (tertiary/aromatic N) is 1. The minimum Gasteiger partial charge on any atom is -0.448 e. The lowest BCUT2D eigenvalue weighted by molar-refractivity contribution is 0.163. The van der Waals surface area contributed by atoms with Crippen LogP contribution < -0.4 is 5.32 Å². The van der Waals surface area contributed by atoms with E-state index in [9.17, 15) is 4.79 Å². The van der Waals surface area contributed by atoms with E-state index in [2.05, 4.69) is 22.9 Å². The van der Waals surface area contributed by atoms with Crippen LogP contribution in [0.25, 0.3) is 10.9 Å². The third-order valence-corrected chi connectivity index (χ3v) is 2.43. The monoisotopic (exact) mass is 262 g/mol. The van der Waals surface area contributed by atoms with Crippen molar-refractivity contribution in [3.05, 3.63) is 36.4 Å². The second-order valence-corrected chi connectivity index (χ2v) is 4.84. The van der Waals surface area contributed by atoms with Gasteiger partial charge in [0, 0.05) is 10.6 Å². The summed E-state index contributed by atoms with van der Waals surface area (Å²) in [6, 6.07) is 11.3. The fraction of sp³-hybridized carbons (Fsp3) is 0.231. The number of nitrogens with one attached hydrogen (secondary N) is 1. The zero-order valence-electron chi connectivity index (χ0n) is 9.96. The normalized spacial score (nSPS) is 12.1. The number of carbonyl (C=O) groups excluding carboxylic acids is 1. The van der Waals surface area contributed by atoms with Crippen LogP contribution in [0.1, 0.15) is 6.92 Å². The molecule has 0 aliphatic heterocycles. The van der Waals surface area contributed by atoms with Crippen LogP contribution in [0.3, 0.4) is 0 Å². The van der Waals surface area contributed by atoms with Crippen molar-refractivity contribution in [1.29, 1.82) is 0 Å². The molecule has 2 rings (SSSR count). The Kier molecular flexibility index (Phi) is 4.04. The van der Waals surface area contributed by atoms with Gasteiger partial charge in [-0.25, -0.2) is 9.78 Å². The van der Waals surface area contributed by atoms with Crippen molar-refractivity contribution in [2.75, 3.05) is 11.9 Å². The number of pyridine rings is 1. The quantitative estimate of drug-likeness (QED) is 0.836. The van der Waals surface area contributed by atoms with Crippen molar-refractivity contribution >= 4 is 35.4 Å². The van der Waals surface area contributed by atoms with Gasteiger partial charge in [0.05, 0.1) is 5.52 Å². The number of carbonyl (C=O) groups is 1. The molecule has 0 bridgehead atoms. The number of ether oxygens (including phenoxy) is 1. The Morgan fingerprint density at radius 2 is 2.17 bits per heavy atom. The lowest BCUT2D eigenvalue weighted by atomic mass is 10.2. The molecule has 1 N–H and O–H groups in total. The molecule has 0 radical (unpaired) electrons. The first kappa shape index (κ1) is 12.7. The molecule has 1 atom stereocenters. The standard InChI is InChI=1S/C13H14N2O2S/c1-9(18)8-17-13(16)15-12-7-6-10-4-2-3-5-11(10)14-12/h2-7,9,18H,8H2,1H3,(H,14,15,16)/t9-/m1/s1. The van der Waals surface area contributed by atoms with Crippen LogP contribution in [0.2, 0.25) is 0 Å². The highest BCUT2D eigenvalue weighted by atomic mass is 32.1. The fourth-order valence-electron chi connectivity index (χ4n) is 1.47. The summed E-state index contributed by atoms with van der Waals surface area (Å²) in [5.74, 6) is 0.477. The SMILES string of the molecule is C[C@@H](S)COC(=O)Nc1ccc2ccccc2n1. The molecule has 0 saturated heterocycles. The van der Waals surface area contributed by atoms with Gasteiger partial charge in [-0.2, -0.15) is 12.6 Å². The van der Waals surface area contributed by atoms with E-state index in [1.165, 1.54) is 0 Å². The summed E-state index contributed by atoms with van der Waals surface area (Å²) >= 11 is 4.13. The molecular formula is C13H14N2O2S. The van der Waals surface area contributed by atoms with Crippen molar-refractivity contribution in [2.24, 2.45) is 0 Å². The fourth-order valence-corrected chi connectivity index (χ4v) is 1.55. The molecule has 0 spiro atoms. The first-order valence-electron chi connectivity index (χ1n) is 5.63. The lowest BCUT2D eigenvalue weighted by Gasteiger charge is -2.08. The van der Waals surface area contributed by atoms with Crippen LogP contribution in [0, 0.1) is 0 Å². The second kappa shape index (κ2) is 5.73. The molecule has 5 heteroatoms. The third kappa shape index (κ3) is 3.37. The Labute approximate surface area is 111 Å². The smallest absolute Gasteiger partial charge is 0.412 e. The number of benzene rings is 1. The number of amides is 1. The Bertz CT molecular complexity index is 557. The molecule has 2 aromatic rings. The minimum atomic E-state index is -0.515. The highest BCUT2D eigenvalue weighted by Crippen LogP contribution is 2.14. The van der Waals surface area contributed by atoms with Gasteiger partial charge in [0.2, 0.25) is 0 Å². The molecule has 1 aromatic heterocycles. The Morgan fingerprint density at radius 1 is 1.39 bits per heavy atom. The maximum Gasteiger partial charge on any atom is 0.412 e. The second-order valence-electron chi connectivity index (χ2n) is 3.96. The van der Waals surface area contributed by atoms with Gasteiger partial charge >= 0.3 is 6.09 Å². The van der Waals surface area contributed by atoms with Gasteiger partial charge in [-0.1, -0.05) is 25.1 Å². The number of aromatic nitrogens is 1. The predicted octanol–water partition coefficient (Wildman–Crippen LogP) is 3.10. The predicted molar refractivity (Wildman–Crippen MR) is 75.2 cm³/mol. The van der Waals surface area contributed by atoms with E-state index in [1.807, 2.05) is 37.3 Å². The number of anilines is 1. The molecule has 1 amide bonds. The summed E-state index contributed by atoms with van der Waals surface area (Å²) in [7, 11) is 0. The van der Waals surface area contributed by atoms with E-state index in [1.54, 1.807) is 6.07 Å². The number of hydrogen-bond donors (Lipinski definition) is 2. The van der Waals surface area contributed by atoms with Gasteiger partial charge in [-0.15, -0.1) is 0 Å². The topological polar surface area (TPSA) is 51.2 Å². The minimum absolute atomic E-state index is 0.0142. The number of rotatable bonds is 3. The van der Waals surface area contributed by atoms with Crippen molar-refractivity contribution in [3.8, 4) is 0 Å². The first-order valence-corrected chi connectivity index (χ1v) is 6.14. The Hall–Kier alpha value is -1.75. The van der Waals surface area contributed by atoms with Crippen LogP contribution in [0.5, 0.6) is 0 Å². The molecule has 94 valence electrons. The van der Waals surface area contributed by atoms with Crippen molar-refractivity contribution in [2.45, 2.75) is 12.2 Å². The van der Waals surface area contributed by atoms with E-state index in [-0.39, 0.29) is 11.9 Å². The maximum atomic E-state index is 11.4. The van der Waals surface area contributed by atoms with E-state index in [4.69, 9.17) is 4.74 Å². The summed E-state index contributed by atoms with van der Waals surface area (Å²) in [5, 5.41) is 3.63. The number of fused-ring (bicyclic) bond motifs is 1. The van der Waals surface area contributed by atoms with Gasteiger partial charge in [-0.05, 0) is 18.2 Å². The van der Waals surface area contributed by atoms with Crippen LogP contribution in [-0.2, 0) is 4.74 Å². The van der Waals surface area contributed by atoms with Crippen LogP contribution in [0.4, 0.5) is 10.6 Å². The summed E-state index contributed by atoms with van der Waals surface area (Å²) in [5.41, 5.74) is 0.831. The highest BCUT2D eigenvalue weighted by molar-refractivity contribution is 7.80. The summed E-state index contributed by atoms with van der Waals surface area (Å²) in [6.07, 6.45) is -0.515. The van der Waals surface area contributed by atoms with Crippen molar-refractivity contribution in [1.82, 2.24) is 4.98 Å². The molecule has 0 saturated carbocycles. The van der Waals surface area contributed by atoms with Crippen LogP contribution in [-0.4, -0.2) is 22.9 Å². The maximum absolute atomic E-state index is 11.4. The molecule has 0 aliphatic carbocycles. The Balaban J connectivity index is 2.05. The third-order valence-electron chi connectivity index (χ3n) is 2.28. The largest absolute Gasteiger partial charge is 0.448 e. The molecule has 0 fully saturated rings. The number of hydrogen-bond acceptors (Lipinski definition) is 4. The summed E-state index contributed by atoms with van der Waals surface area (Å²) in [4.78, 5) is 15.8. The summed E-state index contributed by atoms with van der Waals surface area (Å²) < 4.78 is 4.95. The Morgan fingerprint density at radius 3 is 2.94 bits per heavy atom.